The Bertz CT molecular complexity index is 697. The van der Waals surface area contributed by atoms with Crippen LogP contribution in [0.5, 0.6) is 0 Å². The van der Waals surface area contributed by atoms with Gasteiger partial charge in [0.05, 0.1) is 5.69 Å². The van der Waals surface area contributed by atoms with E-state index in [0.29, 0.717) is 4.88 Å². The summed E-state index contributed by atoms with van der Waals surface area (Å²) in [6.07, 6.45) is 1.70. The van der Waals surface area contributed by atoms with Crippen LogP contribution >= 0.6 is 22.7 Å². The van der Waals surface area contributed by atoms with E-state index in [0.717, 1.165) is 21.0 Å². The molecular formula is C10H7N3O2S2. The lowest BCUT2D eigenvalue weighted by molar-refractivity contribution is 0.0702. The highest BCUT2D eigenvalue weighted by Crippen LogP contribution is 2.30. The quantitative estimate of drug-likeness (QED) is 0.773. The molecule has 0 aliphatic carbocycles. The molecule has 0 bridgehead atoms. The minimum Gasteiger partial charge on any atom is -0.477 e. The number of carbonyl (C=O) groups is 1. The summed E-state index contributed by atoms with van der Waals surface area (Å²) in [6, 6.07) is 1.66. The van der Waals surface area contributed by atoms with E-state index in [1.165, 1.54) is 22.7 Å². The van der Waals surface area contributed by atoms with Crippen molar-refractivity contribution in [3.8, 4) is 5.13 Å². The van der Waals surface area contributed by atoms with Gasteiger partial charge in [-0.15, -0.1) is 22.7 Å². The molecule has 0 radical (unpaired) electrons. The first-order chi connectivity index (χ1) is 8.16. The average molecular weight is 265 g/mol. The lowest BCUT2D eigenvalue weighted by atomic mass is 10.3. The molecule has 0 saturated carbocycles. The second kappa shape index (κ2) is 3.64. The summed E-state index contributed by atoms with van der Waals surface area (Å²) < 4.78 is 1.70. The minimum atomic E-state index is -0.906. The van der Waals surface area contributed by atoms with Crippen molar-refractivity contribution >= 4 is 38.9 Å². The lowest BCUT2D eigenvalue weighted by Gasteiger charge is -1.94. The van der Waals surface area contributed by atoms with E-state index < -0.39 is 5.97 Å². The van der Waals surface area contributed by atoms with Gasteiger partial charge in [0.15, 0.2) is 0 Å². The van der Waals surface area contributed by atoms with E-state index in [4.69, 9.17) is 5.11 Å². The Labute approximate surface area is 104 Å². The van der Waals surface area contributed by atoms with Crippen LogP contribution in [-0.2, 0) is 0 Å². The van der Waals surface area contributed by atoms with Crippen molar-refractivity contribution in [2.75, 3.05) is 0 Å². The highest BCUT2D eigenvalue weighted by Gasteiger charge is 2.17. The van der Waals surface area contributed by atoms with Gasteiger partial charge in [0.25, 0.3) is 0 Å². The largest absolute Gasteiger partial charge is 0.477 e. The Kier molecular flexibility index (Phi) is 2.23. The SMILES string of the molecule is Cc1nn(-c2nccs2)c2sc(C(=O)O)cc12. The molecule has 0 aromatic carbocycles. The van der Waals surface area contributed by atoms with Gasteiger partial charge >= 0.3 is 5.97 Å². The van der Waals surface area contributed by atoms with Crippen LogP contribution in [0.15, 0.2) is 17.6 Å². The zero-order chi connectivity index (χ0) is 12.0. The lowest BCUT2D eigenvalue weighted by Crippen LogP contribution is -1.95. The number of fused-ring (bicyclic) bond motifs is 1. The molecule has 0 aliphatic heterocycles. The molecule has 3 heterocycles. The number of hydrogen-bond acceptors (Lipinski definition) is 5. The molecule has 0 spiro atoms. The first-order valence-corrected chi connectivity index (χ1v) is 6.49. The molecule has 5 nitrogen and oxygen atoms in total. The Morgan fingerprint density at radius 2 is 2.35 bits per heavy atom. The van der Waals surface area contributed by atoms with E-state index >= 15 is 0 Å². The number of thiazole rings is 1. The number of hydrogen-bond donors (Lipinski definition) is 1. The smallest absolute Gasteiger partial charge is 0.345 e. The van der Waals surface area contributed by atoms with Crippen LogP contribution in [0.2, 0.25) is 0 Å². The Hall–Kier alpha value is -1.73. The molecule has 17 heavy (non-hydrogen) atoms. The van der Waals surface area contributed by atoms with Crippen LogP contribution in [0.3, 0.4) is 0 Å². The predicted octanol–water partition coefficient (Wildman–Crippen LogP) is 2.55. The van der Waals surface area contributed by atoms with Crippen molar-refractivity contribution < 1.29 is 9.90 Å². The highest BCUT2D eigenvalue weighted by molar-refractivity contribution is 7.20. The molecule has 3 rings (SSSR count). The van der Waals surface area contributed by atoms with Gasteiger partial charge in [-0.25, -0.2) is 9.78 Å². The predicted molar refractivity (Wildman–Crippen MR) is 66.3 cm³/mol. The number of carboxylic acids is 1. The van der Waals surface area contributed by atoms with Crippen molar-refractivity contribution in [2.45, 2.75) is 6.92 Å². The third kappa shape index (κ3) is 1.55. The van der Waals surface area contributed by atoms with Crippen molar-refractivity contribution in [3.63, 3.8) is 0 Å². The summed E-state index contributed by atoms with van der Waals surface area (Å²) in [5.41, 5.74) is 0.818. The van der Waals surface area contributed by atoms with E-state index in [1.54, 1.807) is 16.9 Å². The summed E-state index contributed by atoms with van der Waals surface area (Å²) >= 11 is 2.69. The molecule has 3 aromatic rings. The number of aryl methyl sites for hydroxylation is 1. The molecule has 3 aromatic heterocycles. The molecule has 0 saturated heterocycles. The Balaban J connectivity index is 2.29. The summed E-state index contributed by atoms with van der Waals surface area (Å²) in [4.78, 5) is 16.3. The number of nitrogens with zero attached hydrogens (tertiary/aromatic N) is 3. The van der Waals surface area contributed by atoms with Crippen molar-refractivity contribution in [1.29, 1.82) is 0 Å². The summed E-state index contributed by atoms with van der Waals surface area (Å²) in [6.45, 7) is 1.87. The maximum absolute atomic E-state index is 10.9. The standard InChI is InChI=1S/C10H7N3O2S2/c1-5-6-4-7(9(14)15)17-8(6)13(12-5)10-11-2-3-16-10/h2-4H,1H3,(H,14,15). The van der Waals surface area contributed by atoms with Crippen LogP contribution in [0.1, 0.15) is 15.4 Å². The maximum atomic E-state index is 10.9. The first-order valence-electron chi connectivity index (χ1n) is 4.79. The summed E-state index contributed by atoms with van der Waals surface area (Å²) in [5.74, 6) is -0.906. The number of thiophene rings is 1. The molecule has 1 N–H and O–H groups in total. The zero-order valence-corrected chi connectivity index (χ0v) is 10.4. The fourth-order valence-electron chi connectivity index (χ4n) is 1.60. The second-order valence-electron chi connectivity index (χ2n) is 3.45. The van der Waals surface area contributed by atoms with Gasteiger partial charge in [-0.05, 0) is 13.0 Å². The van der Waals surface area contributed by atoms with E-state index in [1.807, 2.05) is 12.3 Å². The summed E-state index contributed by atoms with van der Waals surface area (Å²) in [5, 5.41) is 16.9. The monoisotopic (exact) mass is 265 g/mol. The van der Waals surface area contributed by atoms with E-state index in [2.05, 4.69) is 10.1 Å². The molecule has 0 atom stereocenters. The van der Waals surface area contributed by atoms with E-state index in [-0.39, 0.29) is 0 Å². The molecule has 0 aliphatic rings. The van der Waals surface area contributed by atoms with Crippen LogP contribution in [0.25, 0.3) is 15.3 Å². The van der Waals surface area contributed by atoms with Gasteiger partial charge in [0, 0.05) is 17.0 Å². The van der Waals surface area contributed by atoms with Gasteiger partial charge < -0.3 is 5.11 Å². The highest BCUT2D eigenvalue weighted by atomic mass is 32.1. The first kappa shape index (κ1) is 10.4. The number of carboxylic acid groups (broad SMARTS) is 1. The average Bonchev–Trinajstić information content (AvgIpc) is 2.96. The Morgan fingerprint density at radius 1 is 1.53 bits per heavy atom. The topological polar surface area (TPSA) is 68.0 Å². The third-order valence-electron chi connectivity index (χ3n) is 2.36. The van der Waals surface area contributed by atoms with Crippen molar-refractivity contribution in [3.05, 3.63) is 28.2 Å². The fraction of sp³-hybridized carbons (Fsp3) is 0.100. The minimum absolute atomic E-state index is 0.325. The van der Waals surface area contributed by atoms with Crippen LogP contribution in [0, 0.1) is 6.92 Å². The Morgan fingerprint density at radius 3 is 3.00 bits per heavy atom. The van der Waals surface area contributed by atoms with Gasteiger partial charge in [-0.2, -0.15) is 9.78 Å². The molecular weight excluding hydrogens is 258 g/mol. The molecule has 7 heteroatoms. The van der Waals surface area contributed by atoms with Gasteiger partial charge in [0.2, 0.25) is 5.13 Å². The van der Waals surface area contributed by atoms with Gasteiger partial charge in [0.1, 0.15) is 9.71 Å². The number of rotatable bonds is 2. The van der Waals surface area contributed by atoms with Gasteiger partial charge in [-0.1, -0.05) is 0 Å². The van der Waals surface area contributed by atoms with Crippen LogP contribution < -0.4 is 0 Å². The summed E-state index contributed by atoms with van der Waals surface area (Å²) in [7, 11) is 0. The van der Waals surface area contributed by atoms with Gasteiger partial charge in [-0.3, -0.25) is 0 Å². The third-order valence-corrected chi connectivity index (χ3v) is 4.20. The molecule has 0 amide bonds. The van der Waals surface area contributed by atoms with Crippen LogP contribution in [0.4, 0.5) is 0 Å². The normalized spacial score (nSPS) is 11.1. The van der Waals surface area contributed by atoms with E-state index in [9.17, 15) is 4.79 Å². The number of aromatic nitrogens is 3. The van der Waals surface area contributed by atoms with Crippen molar-refractivity contribution in [1.82, 2.24) is 14.8 Å². The maximum Gasteiger partial charge on any atom is 0.345 e. The zero-order valence-electron chi connectivity index (χ0n) is 8.75. The molecule has 86 valence electrons. The second-order valence-corrected chi connectivity index (χ2v) is 5.35. The van der Waals surface area contributed by atoms with Crippen molar-refractivity contribution in [2.24, 2.45) is 0 Å². The van der Waals surface area contributed by atoms with Crippen LogP contribution in [-0.4, -0.2) is 25.8 Å². The number of aromatic carboxylic acids is 1. The molecule has 0 fully saturated rings. The fourth-order valence-corrected chi connectivity index (χ4v) is 3.26. The molecule has 0 unspecified atom stereocenters.